The van der Waals surface area contributed by atoms with Crippen molar-refractivity contribution >= 4 is 17.1 Å². The third-order valence-electron chi connectivity index (χ3n) is 1.70. The third kappa shape index (κ3) is 2.94. The average Bonchev–Trinajstić information content (AvgIpc) is 2.47. The van der Waals surface area contributed by atoms with Gasteiger partial charge in [0.15, 0.2) is 5.78 Å². The Labute approximate surface area is 82.5 Å². The van der Waals surface area contributed by atoms with Crippen molar-refractivity contribution in [3.63, 3.8) is 0 Å². The van der Waals surface area contributed by atoms with Gasteiger partial charge in [-0.2, -0.15) is 11.3 Å². The van der Waals surface area contributed by atoms with Crippen LogP contribution < -0.4 is 0 Å². The number of rotatable bonds is 4. The van der Waals surface area contributed by atoms with Crippen LogP contribution >= 0.6 is 11.3 Å². The number of carbonyl (C=O) groups excluding carboxylic acids is 1. The van der Waals surface area contributed by atoms with E-state index >= 15 is 0 Å². The minimum absolute atomic E-state index is 0.0763. The van der Waals surface area contributed by atoms with Crippen molar-refractivity contribution < 1.29 is 9.53 Å². The molecule has 0 aliphatic carbocycles. The van der Waals surface area contributed by atoms with Crippen LogP contribution in [0.3, 0.4) is 0 Å². The van der Waals surface area contributed by atoms with E-state index in [-0.39, 0.29) is 18.5 Å². The first-order valence-corrected chi connectivity index (χ1v) is 5.23. The lowest BCUT2D eigenvalue weighted by Gasteiger charge is -2.05. The van der Waals surface area contributed by atoms with E-state index in [1.165, 1.54) is 0 Å². The SMILES string of the molecule is Cc1cscc1C(=O)COC(C)C. The molecule has 2 nitrogen and oxygen atoms in total. The van der Waals surface area contributed by atoms with Crippen molar-refractivity contribution in [3.8, 4) is 0 Å². The van der Waals surface area contributed by atoms with Crippen molar-refractivity contribution in [2.75, 3.05) is 6.61 Å². The van der Waals surface area contributed by atoms with Gasteiger partial charge in [0.25, 0.3) is 0 Å². The molecule has 1 heterocycles. The lowest BCUT2D eigenvalue weighted by atomic mass is 10.1. The van der Waals surface area contributed by atoms with Crippen LogP contribution in [-0.2, 0) is 4.74 Å². The molecule has 0 unspecified atom stereocenters. The Kier molecular flexibility index (Phi) is 3.63. The highest BCUT2D eigenvalue weighted by Crippen LogP contribution is 2.14. The molecule has 0 atom stereocenters. The molecule has 0 fully saturated rings. The fraction of sp³-hybridized carbons (Fsp3) is 0.500. The maximum atomic E-state index is 11.5. The summed E-state index contributed by atoms with van der Waals surface area (Å²) in [6, 6.07) is 0. The van der Waals surface area contributed by atoms with Gasteiger partial charge in [-0.15, -0.1) is 0 Å². The van der Waals surface area contributed by atoms with Crippen LogP contribution in [0.4, 0.5) is 0 Å². The summed E-state index contributed by atoms with van der Waals surface area (Å²) in [7, 11) is 0. The number of aryl methyl sites for hydroxylation is 1. The monoisotopic (exact) mass is 198 g/mol. The van der Waals surface area contributed by atoms with Gasteiger partial charge in [-0.05, 0) is 31.7 Å². The fourth-order valence-corrected chi connectivity index (χ4v) is 1.82. The minimum atomic E-state index is 0.0763. The number of Topliss-reactive ketones (excluding diaryl/α,β-unsaturated/α-hetero) is 1. The Balaban J connectivity index is 2.54. The Morgan fingerprint density at radius 1 is 1.54 bits per heavy atom. The molecule has 0 radical (unpaired) electrons. The highest BCUT2D eigenvalue weighted by molar-refractivity contribution is 7.08. The highest BCUT2D eigenvalue weighted by Gasteiger charge is 2.10. The summed E-state index contributed by atoms with van der Waals surface area (Å²) in [4.78, 5) is 11.5. The fourth-order valence-electron chi connectivity index (χ4n) is 0.966. The first kappa shape index (κ1) is 10.4. The van der Waals surface area contributed by atoms with Crippen molar-refractivity contribution in [1.29, 1.82) is 0 Å². The van der Waals surface area contributed by atoms with Crippen LogP contribution in [0.25, 0.3) is 0 Å². The van der Waals surface area contributed by atoms with Crippen molar-refractivity contribution in [3.05, 3.63) is 21.9 Å². The van der Waals surface area contributed by atoms with E-state index < -0.39 is 0 Å². The van der Waals surface area contributed by atoms with Gasteiger partial charge in [-0.25, -0.2) is 0 Å². The predicted octanol–water partition coefficient (Wildman–Crippen LogP) is 2.66. The molecule has 0 saturated heterocycles. The quantitative estimate of drug-likeness (QED) is 0.695. The molecule has 0 amide bonds. The van der Waals surface area contributed by atoms with Crippen LogP contribution in [0.15, 0.2) is 10.8 Å². The van der Waals surface area contributed by atoms with Crippen LogP contribution in [0.2, 0.25) is 0 Å². The van der Waals surface area contributed by atoms with Crippen molar-refractivity contribution in [2.24, 2.45) is 0 Å². The number of hydrogen-bond donors (Lipinski definition) is 0. The maximum Gasteiger partial charge on any atom is 0.189 e. The van der Waals surface area contributed by atoms with E-state index in [2.05, 4.69) is 0 Å². The Morgan fingerprint density at radius 2 is 2.23 bits per heavy atom. The lowest BCUT2D eigenvalue weighted by molar-refractivity contribution is 0.0584. The van der Waals surface area contributed by atoms with Gasteiger partial charge in [0.2, 0.25) is 0 Å². The lowest BCUT2D eigenvalue weighted by Crippen LogP contribution is -2.13. The Hall–Kier alpha value is -0.670. The number of carbonyl (C=O) groups is 1. The van der Waals surface area contributed by atoms with Crippen LogP contribution in [0, 0.1) is 6.92 Å². The molecular formula is C10H14O2S. The Bertz CT molecular complexity index is 289. The molecule has 0 aromatic carbocycles. The number of ether oxygens (including phenoxy) is 1. The summed E-state index contributed by atoms with van der Waals surface area (Å²) >= 11 is 1.55. The topological polar surface area (TPSA) is 26.3 Å². The van der Waals surface area contributed by atoms with E-state index in [0.717, 1.165) is 11.1 Å². The second-order valence-corrected chi connectivity index (χ2v) is 3.99. The molecule has 0 aliphatic rings. The zero-order valence-corrected chi connectivity index (χ0v) is 8.98. The molecule has 0 bridgehead atoms. The summed E-state index contributed by atoms with van der Waals surface area (Å²) in [6.07, 6.45) is 0.114. The van der Waals surface area contributed by atoms with Gasteiger partial charge >= 0.3 is 0 Å². The van der Waals surface area contributed by atoms with Crippen molar-refractivity contribution in [2.45, 2.75) is 26.9 Å². The van der Waals surface area contributed by atoms with Crippen molar-refractivity contribution in [1.82, 2.24) is 0 Å². The van der Waals surface area contributed by atoms with Gasteiger partial charge in [0.1, 0.15) is 6.61 Å². The normalized spacial score (nSPS) is 10.8. The summed E-state index contributed by atoms with van der Waals surface area (Å²) in [5.41, 5.74) is 1.84. The molecule has 72 valence electrons. The highest BCUT2D eigenvalue weighted by atomic mass is 32.1. The molecular weight excluding hydrogens is 184 g/mol. The second-order valence-electron chi connectivity index (χ2n) is 3.25. The molecule has 13 heavy (non-hydrogen) atoms. The van der Waals surface area contributed by atoms with E-state index in [9.17, 15) is 4.79 Å². The van der Waals surface area contributed by atoms with E-state index in [1.54, 1.807) is 11.3 Å². The minimum Gasteiger partial charge on any atom is -0.371 e. The summed E-state index contributed by atoms with van der Waals surface area (Å²) < 4.78 is 5.24. The third-order valence-corrected chi connectivity index (χ3v) is 2.57. The molecule has 3 heteroatoms. The van der Waals surface area contributed by atoms with E-state index in [0.29, 0.717) is 0 Å². The van der Waals surface area contributed by atoms with Gasteiger partial charge < -0.3 is 4.74 Å². The Morgan fingerprint density at radius 3 is 2.69 bits per heavy atom. The van der Waals surface area contributed by atoms with Crippen LogP contribution in [-0.4, -0.2) is 18.5 Å². The average molecular weight is 198 g/mol. The maximum absolute atomic E-state index is 11.5. The smallest absolute Gasteiger partial charge is 0.189 e. The predicted molar refractivity (Wildman–Crippen MR) is 54.5 cm³/mol. The van der Waals surface area contributed by atoms with Gasteiger partial charge in [-0.1, -0.05) is 0 Å². The first-order valence-electron chi connectivity index (χ1n) is 4.29. The zero-order valence-electron chi connectivity index (χ0n) is 8.16. The zero-order chi connectivity index (χ0) is 9.84. The van der Waals surface area contributed by atoms with Crippen LogP contribution in [0.5, 0.6) is 0 Å². The standard InChI is InChI=1S/C10H14O2S/c1-7(2)12-4-10(11)9-6-13-5-8(9)3/h5-7H,4H2,1-3H3. The largest absolute Gasteiger partial charge is 0.371 e. The number of ketones is 1. The molecule has 1 aromatic heterocycles. The molecule has 0 saturated carbocycles. The van der Waals surface area contributed by atoms with Gasteiger partial charge in [-0.3, -0.25) is 4.79 Å². The number of hydrogen-bond acceptors (Lipinski definition) is 3. The second kappa shape index (κ2) is 4.53. The molecule has 0 aliphatic heterocycles. The summed E-state index contributed by atoms with van der Waals surface area (Å²) in [5.74, 6) is 0.0763. The first-order chi connectivity index (χ1) is 6.11. The molecule has 0 N–H and O–H groups in total. The number of thiophene rings is 1. The molecule has 0 spiro atoms. The molecule has 1 aromatic rings. The summed E-state index contributed by atoms with van der Waals surface area (Å²) in [5, 5.41) is 3.85. The van der Waals surface area contributed by atoms with Gasteiger partial charge in [0, 0.05) is 10.9 Å². The van der Waals surface area contributed by atoms with Gasteiger partial charge in [0.05, 0.1) is 6.10 Å². The van der Waals surface area contributed by atoms with E-state index in [4.69, 9.17) is 4.74 Å². The summed E-state index contributed by atoms with van der Waals surface area (Å²) in [6.45, 7) is 5.98. The van der Waals surface area contributed by atoms with Crippen LogP contribution in [0.1, 0.15) is 29.8 Å². The molecule has 1 rings (SSSR count). The van der Waals surface area contributed by atoms with E-state index in [1.807, 2.05) is 31.5 Å².